The molecule has 136 valence electrons. The van der Waals surface area contributed by atoms with Crippen molar-refractivity contribution in [3.63, 3.8) is 0 Å². The first kappa shape index (κ1) is 17.3. The van der Waals surface area contributed by atoms with Gasteiger partial charge in [0.1, 0.15) is 5.75 Å². The quantitative estimate of drug-likeness (QED) is 0.710. The van der Waals surface area contributed by atoms with Gasteiger partial charge in [-0.1, -0.05) is 37.3 Å². The van der Waals surface area contributed by atoms with Gasteiger partial charge in [0.05, 0.1) is 23.9 Å². The first-order chi connectivity index (χ1) is 13.1. The number of carboxylic acid groups (broad SMARTS) is 1. The molecule has 0 bridgehead atoms. The van der Waals surface area contributed by atoms with Gasteiger partial charge in [-0.05, 0) is 59.7 Å². The van der Waals surface area contributed by atoms with Gasteiger partial charge in [-0.3, -0.25) is 0 Å². The van der Waals surface area contributed by atoms with Gasteiger partial charge >= 0.3 is 5.97 Å². The van der Waals surface area contributed by atoms with Gasteiger partial charge in [0, 0.05) is 5.39 Å². The molecular weight excluding hydrogens is 338 g/mol. The lowest BCUT2D eigenvalue weighted by molar-refractivity contribution is 0.0697. The van der Waals surface area contributed by atoms with Crippen LogP contribution in [0.1, 0.15) is 40.5 Å². The number of benzene rings is 2. The molecule has 2 aromatic carbocycles. The molecule has 0 saturated carbocycles. The van der Waals surface area contributed by atoms with Crippen LogP contribution in [0.2, 0.25) is 0 Å². The molecule has 1 aliphatic carbocycles. The summed E-state index contributed by atoms with van der Waals surface area (Å²) >= 11 is 0. The van der Waals surface area contributed by atoms with E-state index in [1.807, 2.05) is 48.5 Å². The summed E-state index contributed by atoms with van der Waals surface area (Å²) in [4.78, 5) is 16.9. The first-order valence-electron chi connectivity index (χ1n) is 9.06. The van der Waals surface area contributed by atoms with Crippen LogP contribution in [0.4, 0.5) is 0 Å². The summed E-state index contributed by atoms with van der Waals surface area (Å²) in [5.41, 5.74) is 4.92. The molecule has 1 N–H and O–H groups in total. The number of hydrogen-bond acceptors (Lipinski definition) is 3. The number of hydrogen-bond donors (Lipinski definition) is 1. The lowest BCUT2D eigenvalue weighted by atomic mass is 9.80. The van der Waals surface area contributed by atoms with Crippen molar-refractivity contribution >= 4 is 28.5 Å². The zero-order valence-electron chi connectivity index (χ0n) is 15.4. The third kappa shape index (κ3) is 3.19. The fraction of sp³-hybridized carbons (Fsp3) is 0.217. The third-order valence-corrected chi connectivity index (χ3v) is 5.09. The Balaban J connectivity index is 1.93. The second kappa shape index (κ2) is 6.88. The van der Waals surface area contributed by atoms with E-state index in [9.17, 15) is 9.90 Å². The fourth-order valence-corrected chi connectivity index (χ4v) is 3.88. The predicted molar refractivity (Wildman–Crippen MR) is 107 cm³/mol. The van der Waals surface area contributed by atoms with Crippen molar-refractivity contribution in [3.05, 3.63) is 70.9 Å². The van der Waals surface area contributed by atoms with Crippen molar-refractivity contribution in [1.82, 2.24) is 4.98 Å². The SMILES string of the molecule is COc1ccc(/C=C2\CC(C)Cc3c2nc2ccccc2c3C(=O)O)cc1. The van der Waals surface area contributed by atoms with Crippen molar-refractivity contribution in [3.8, 4) is 5.75 Å². The van der Waals surface area contributed by atoms with Gasteiger partial charge < -0.3 is 9.84 Å². The molecule has 4 rings (SSSR count). The van der Waals surface area contributed by atoms with Crippen LogP contribution in [0.3, 0.4) is 0 Å². The number of aromatic carboxylic acids is 1. The largest absolute Gasteiger partial charge is 0.497 e. The Morgan fingerprint density at radius 2 is 1.89 bits per heavy atom. The van der Waals surface area contributed by atoms with Crippen LogP contribution in [-0.4, -0.2) is 23.2 Å². The summed E-state index contributed by atoms with van der Waals surface area (Å²) in [6, 6.07) is 15.3. The number of methoxy groups -OCH3 is 1. The second-order valence-corrected chi connectivity index (χ2v) is 7.09. The smallest absolute Gasteiger partial charge is 0.336 e. The highest BCUT2D eigenvalue weighted by Crippen LogP contribution is 2.38. The molecule has 1 unspecified atom stereocenters. The molecule has 1 aromatic heterocycles. The average Bonchev–Trinajstić information content (AvgIpc) is 2.66. The topological polar surface area (TPSA) is 59.4 Å². The molecule has 0 amide bonds. The number of carboxylic acids is 1. The van der Waals surface area contributed by atoms with Crippen LogP contribution in [0.25, 0.3) is 22.6 Å². The third-order valence-electron chi connectivity index (χ3n) is 5.09. The maximum atomic E-state index is 12.1. The van der Waals surface area contributed by atoms with Gasteiger partial charge in [-0.15, -0.1) is 0 Å². The number of pyridine rings is 1. The molecule has 27 heavy (non-hydrogen) atoms. The number of nitrogens with zero attached hydrogens (tertiary/aromatic N) is 1. The Morgan fingerprint density at radius 3 is 2.59 bits per heavy atom. The molecule has 4 heteroatoms. The minimum Gasteiger partial charge on any atom is -0.497 e. The Kier molecular flexibility index (Phi) is 4.40. The Labute approximate surface area is 158 Å². The minimum absolute atomic E-state index is 0.364. The van der Waals surface area contributed by atoms with Crippen LogP contribution >= 0.6 is 0 Å². The second-order valence-electron chi connectivity index (χ2n) is 7.09. The number of ether oxygens (including phenoxy) is 1. The Hall–Kier alpha value is -3.14. The minimum atomic E-state index is -0.886. The van der Waals surface area contributed by atoms with Gasteiger partial charge in [-0.2, -0.15) is 0 Å². The van der Waals surface area contributed by atoms with Crippen molar-refractivity contribution < 1.29 is 14.6 Å². The highest BCUT2D eigenvalue weighted by molar-refractivity contribution is 6.05. The molecule has 0 radical (unpaired) electrons. The molecule has 0 saturated heterocycles. The van der Waals surface area contributed by atoms with E-state index in [1.165, 1.54) is 0 Å². The molecular formula is C23H21NO3. The molecule has 3 aromatic rings. The van der Waals surface area contributed by atoms with E-state index in [0.29, 0.717) is 16.9 Å². The monoisotopic (exact) mass is 359 g/mol. The van der Waals surface area contributed by atoms with Crippen LogP contribution in [0.15, 0.2) is 48.5 Å². The van der Waals surface area contributed by atoms with Crippen molar-refractivity contribution in [2.75, 3.05) is 7.11 Å². The molecule has 1 aliphatic rings. The predicted octanol–water partition coefficient (Wildman–Crippen LogP) is 5.06. The number of allylic oxidation sites excluding steroid dienone is 1. The highest BCUT2D eigenvalue weighted by atomic mass is 16.5. The van der Waals surface area contributed by atoms with E-state index in [2.05, 4.69) is 13.0 Å². The van der Waals surface area contributed by atoms with Crippen molar-refractivity contribution in [2.45, 2.75) is 19.8 Å². The first-order valence-corrected chi connectivity index (χ1v) is 9.06. The van der Waals surface area contributed by atoms with Crippen LogP contribution < -0.4 is 4.74 Å². The lowest BCUT2D eigenvalue weighted by Crippen LogP contribution is -2.17. The molecule has 1 heterocycles. The van der Waals surface area contributed by atoms with Crippen LogP contribution in [-0.2, 0) is 6.42 Å². The van der Waals surface area contributed by atoms with Gasteiger partial charge in [0.15, 0.2) is 0 Å². The summed E-state index contributed by atoms with van der Waals surface area (Å²) in [7, 11) is 1.65. The van der Waals surface area contributed by atoms with Gasteiger partial charge in [0.25, 0.3) is 0 Å². The van der Waals surface area contributed by atoms with E-state index in [1.54, 1.807) is 7.11 Å². The number of carbonyl (C=O) groups is 1. The normalized spacial score (nSPS) is 17.7. The van der Waals surface area contributed by atoms with Crippen molar-refractivity contribution in [2.24, 2.45) is 5.92 Å². The van der Waals surface area contributed by atoms with E-state index >= 15 is 0 Å². The van der Waals surface area contributed by atoms with Crippen molar-refractivity contribution in [1.29, 1.82) is 0 Å². The standard InChI is InChI=1S/C23H21NO3/c1-14-11-16(13-15-7-9-17(27-2)10-8-15)22-19(12-14)21(23(25)26)18-5-3-4-6-20(18)24-22/h3-10,13-14H,11-12H2,1-2H3,(H,25,26)/b16-13+. The number of aromatic nitrogens is 1. The molecule has 0 aliphatic heterocycles. The number of para-hydroxylation sites is 1. The summed E-state index contributed by atoms with van der Waals surface area (Å²) in [6.45, 7) is 2.16. The molecule has 4 nitrogen and oxygen atoms in total. The summed E-state index contributed by atoms with van der Waals surface area (Å²) < 4.78 is 5.22. The number of rotatable bonds is 3. The fourth-order valence-electron chi connectivity index (χ4n) is 3.88. The molecule has 0 fully saturated rings. The maximum Gasteiger partial charge on any atom is 0.336 e. The van der Waals surface area contributed by atoms with Gasteiger partial charge in [0.2, 0.25) is 0 Å². The zero-order chi connectivity index (χ0) is 19.0. The maximum absolute atomic E-state index is 12.1. The zero-order valence-corrected chi connectivity index (χ0v) is 15.4. The average molecular weight is 359 g/mol. The van der Waals surface area contributed by atoms with E-state index in [-0.39, 0.29) is 0 Å². The summed E-state index contributed by atoms with van der Waals surface area (Å²) in [5, 5.41) is 10.6. The van der Waals surface area contributed by atoms with E-state index in [4.69, 9.17) is 9.72 Å². The Morgan fingerprint density at radius 1 is 1.15 bits per heavy atom. The molecule has 0 spiro atoms. The van der Waals surface area contributed by atoms with E-state index < -0.39 is 5.97 Å². The lowest BCUT2D eigenvalue weighted by Gasteiger charge is -2.26. The van der Waals surface area contributed by atoms with Gasteiger partial charge in [-0.25, -0.2) is 9.78 Å². The van der Waals surface area contributed by atoms with E-state index in [0.717, 1.165) is 46.5 Å². The highest BCUT2D eigenvalue weighted by Gasteiger charge is 2.27. The van der Waals surface area contributed by atoms with Crippen LogP contribution in [0, 0.1) is 5.92 Å². The Bertz CT molecular complexity index is 1050. The summed E-state index contributed by atoms with van der Waals surface area (Å²) in [5.74, 6) is 0.289. The number of fused-ring (bicyclic) bond motifs is 2. The summed E-state index contributed by atoms with van der Waals surface area (Å²) in [6.07, 6.45) is 3.72. The van der Waals surface area contributed by atoms with Crippen LogP contribution in [0.5, 0.6) is 5.75 Å². The molecule has 1 atom stereocenters.